The van der Waals surface area contributed by atoms with Crippen molar-refractivity contribution < 1.29 is 48.5 Å². The van der Waals surface area contributed by atoms with Crippen LogP contribution in [0.3, 0.4) is 0 Å². The average Bonchev–Trinajstić information content (AvgIpc) is 3.39. The highest BCUT2D eigenvalue weighted by Crippen LogP contribution is 2.38. The smallest absolute Gasteiger partial charge is 0.309 e. The fraction of sp³-hybridized carbons (Fsp3) is 0.903. The number of carbonyl (C=O) groups excluding carboxylic acids is 4. The van der Waals surface area contributed by atoms with Gasteiger partial charge in [0.05, 0.1) is 18.6 Å². The van der Waals surface area contributed by atoms with E-state index < -0.39 is 17.4 Å². The Hall–Kier alpha value is -3.26. The zero-order valence-electron chi connectivity index (χ0n) is 49.1. The zero-order chi connectivity index (χ0) is 55.7. The lowest BCUT2D eigenvalue weighted by molar-refractivity contribution is -0.151. The summed E-state index contributed by atoms with van der Waals surface area (Å²) in [5.74, 6) is -1.57. The van der Waals surface area contributed by atoms with Gasteiger partial charge in [0.2, 0.25) is 11.8 Å². The number of carbonyl (C=O) groups is 6. The Bertz CT molecular complexity index is 1340. The van der Waals surface area contributed by atoms with Gasteiger partial charge in [0.1, 0.15) is 0 Å². The van der Waals surface area contributed by atoms with Gasteiger partial charge in [0.15, 0.2) is 0 Å². The largest absolute Gasteiger partial charge is 0.481 e. The molecule has 0 unspecified atom stereocenters. The van der Waals surface area contributed by atoms with E-state index in [1.54, 1.807) is 0 Å². The molecule has 0 saturated carbocycles. The second kappa shape index (κ2) is 56.5. The highest BCUT2D eigenvalue weighted by Gasteiger charge is 2.36. The van der Waals surface area contributed by atoms with Crippen molar-refractivity contribution in [1.29, 1.82) is 0 Å². The van der Waals surface area contributed by atoms with Crippen LogP contribution < -0.4 is 21.3 Å². The third-order valence-corrected chi connectivity index (χ3v) is 14.8. The highest BCUT2D eigenvalue weighted by atomic mass is 16.5. The molecule has 0 aromatic carbocycles. The molecule has 0 heterocycles. The Kier molecular flexibility index (Phi) is 54.0. The summed E-state index contributed by atoms with van der Waals surface area (Å²) in [7, 11) is 0. The van der Waals surface area contributed by atoms with E-state index in [2.05, 4.69) is 35.1 Å². The van der Waals surface area contributed by atoms with Crippen molar-refractivity contribution >= 4 is 35.7 Å². The summed E-state index contributed by atoms with van der Waals surface area (Å²) in [4.78, 5) is 72.5. The summed E-state index contributed by atoms with van der Waals surface area (Å²) in [5.41, 5.74) is -0.716. The van der Waals surface area contributed by atoms with E-state index in [0.29, 0.717) is 71.2 Å². The van der Waals surface area contributed by atoms with Crippen LogP contribution in [0.25, 0.3) is 0 Å². The summed E-state index contributed by atoms with van der Waals surface area (Å²) >= 11 is 0. The van der Waals surface area contributed by atoms with E-state index in [0.717, 1.165) is 200 Å². The number of unbranched alkanes of at least 4 members (excludes halogenated alkanes) is 29. The Morgan fingerprint density at radius 3 is 0.974 bits per heavy atom. The first-order chi connectivity index (χ1) is 37.1. The lowest BCUT2D eigenvalue weighted by atomic mass is 9.74. The van der Waals surface area contributed by atoms with Crippen LogP contribution in [-0.4, -0.2) is 98.4 Å². The number of hydrogen-bond donors (Lipinski definition) is 6. The van der Waals surface area contributed by atoms with E-state index in [4.69, 9.17) is 14.6 Å². The van der Waals surface area contributed by atoms with Crippen LogP contribution in [0.1, 0.15) is 303 Å². The Balaban J connectivity index is 4.39. The molecule has 14 nitrogen and oxygen atoms in total. The molecule has 0 rings (SSSR count). The number of carboxylic acids is 2. The summed E-state index contributed by atoms with van der Waals surface area (Å²) in [5, 5.41) is 32.1. The molecule has 0 aliphatic carbocycles. The minimum absolute atomic E-state index is 0.00380. The number of nitrogens with one attached hydrogen (secondary N) is 4. The molecule has 0 atom stereocenters. The molecule has 446 valence electrons. The summed E-state index contributed by atoms with van der Waals surface area (Å²) < 4.78 is 10.9. The molecular formula is C62H118N4O10. The molecule has 76 heavy (non-hydrogen) atoms. The summed E-state index contributed by atoms with van der Waals surface area (Å²) in [6.07, 6.45) is 42.6. The summed E-state index contributed by atoms with van der Waals surface area (Å²) in [6, 6.07) is 0. The van der Waals surface area contributed by atoms with Crippen molar-refractivity contribution in [3.8, 4) is 0 Å². The predicted octanol–water partition coefficient (Wildman–Crippen LogP) is 14.2. The first-order valence-electron chi connectivity index (χ1n) is 31.8. The van der Waals surface area contributed by atoms with Gasteiger partial charge in [0, 0.05) is 45.2 Å². The van der Waals surface area contributed by atoms with E-state index in [9.17, 15) is 33.9 Å². The van der Waals surface area contributed by atoms with Crippen molar-refractivity contribution in [2.24, 2.45) is 5.41 Å². The molecule has 0 aliphatic heterocycles. The number of esters is 2. The topological polar surface area (TPSA) is 209 Å². The van der Waals surface area contributed by atoms with Gasteiger partial charge >= 0.3 is 23.9 Å². The molecular weight excluding hydrogens is 961 g/mol. The molecule has 0 bridgehead atoms. The van der Waals surface area contributed by atoms with Gasteiger partial charge < -0.3 is 41.0 Å². The standard InChI is InChI=1S/C62H118N4O10/c1-3-5-7-9-11-24-38-54-75-59(71)43-27-17-13-19-31-45-62(61(73)74,46-32-20-14-18-28-44-60(72)76-55-39-25-12-10-8-6-4-2)47-33-21-23-35-49-64-51-37-30-41-57(68)66-53-52-65-56(67)40-29-36-50-63-48-34-22-15-16-26-42-58(69)70/h63-64H,3-55H2,1-2H3,(H,65,67)(H,66,68)(H,69,70)(H,73,74). The lowest BCUT2D eigenvalue weighted by Gasteiger charge is -2.30. The molecule has 0 saturated heterocycles. The van der Waals surface area contributed by atoms with Crippen molar-refractivity contribution in [2.75, 3.05) is 52.5 Å². The van der Waals surface area contributed by atoms with Crippen LogP contribution in [0.4, 0.5) is 0 Å². The Morgan fingerprint density at radius 2 is 0.618 bits per heavy atom. The monoisotopic (exact) mass is 1080 g/mol. The van der Waals surface area contributed by atoms with E-state index in [-0.39, 0.29) is 30.2 Å². The van der Waals surface area contributed by atoms with Gasteiger partial charge in [-0.15, -0.1) is 0 Å². The second-order valence-corrected chi connectivity index (χ2v) is 22.0. The van der Waals surface area contributed by atoms with Crippen LogP contribution in [-0.2, 0) is 38.2 Å². The van der Waals surface area contributed by atoms with Crippen LogP contribution in [0.2, 0.25) is 0 Å². The van der Waals surface area contributed by atoms with E-state index >= 15 is 0 Å². The van der Waals surface area contributed by atoms with Gasteiger partial charge in [-0.1, -0.05) is 181 Å². The first-order valence-corrected chi connectivity index (χ1v) is 31.8. The Morgan fingerprint density at radius 1 is 0.329 bits per heavy atom. The molecule has 0 aliphatic rings. The molecule has 0 radical (unpaired) electrons. The van der Waals surface area contributed by atoms with Crippen molar-refractivity contribution in [3.63, 3.8) is 0 Å². The van der Waals surface area contributed by atoms with Gasteiger partial charge in [-0.2, -0.15) is 0 Å². The van der Waals surface area contributed by atoms with E-state index in [1.807, 2.05) is 0 Å². The maximum Gasteiger partial charge on any atom is 0.309 e. The number of ether oxygens (including phenoxy) is 2. The quantitative estimate of drug-likeness (QED) is 0.0248. The normalized spacial score (nSPS) is 11.4. The minimum atomic E-state index is -0.722. The van der Waals surface area contributed by atoms with Crippen LogP contribution >= 0.6 is 0 Å². The number of hydrogen-bond acceptors (Lipinski definition) is 10. The Labute approximate surface area is 464 Å². The maximum atomic E-state index is 13.0. The molecule has 14 heteroatoms. The third-order valence-electron chi connectivity index (χ3n) is 14.8. The lowest BCUT2D eigenvalue weighted by Crippen LogP contribution is -2.34. The number of carboxylic acid groups (broad SMARTS) is 2. The highest BCUT2D eigenvalue weighted by molar-refractivity contribution is 5.77. The predicted molar refractivity (Wildman–Crippen MR) is 310 cm³/mol. The number of rotatable bonds is 61. The van der Waals surface area contributed by atoms with Gasteiger partial charge in [-0.05, 0) is 116 Å². The first kappa shape index (κ1) is 72.7. The maximum absolute atomic E-state index is 13.0. The second-order valence-electron chi connectivity index (χ2n) is 22.0. The van der Waals surface area contributed by atoms with Crippen LogP contribution in [0.5, 0.6) is 0 Å². The molecule has 0 fully saturated rings. The molecule has 0 aromatic heterocycles. The van der Waals surface area contributed by atoms with Crippen molar-refractivity contribution in [2.45, 2.75) is 303 Å². The van der Waals surface area contributed by atoms with E-state index in [1.165, 1.54) is 64.2 Å². The summed E-state index contributed by atoms with van der Waals surface area (Å²) in [6.45, 7) is 9.93. The van der Waals surface area contributed by atoms with Gasteiger partial charge in [0.25, 0.3) is 0 Å². The molecule has 6 N–H and O–H groups in total. The fourth-order valence-electron chi connectivity index (χ4n) is 9.88. The van der Waals surface area contributed by atoms with Crippen molar-refractivity contribution in [1.82, 2.24) is 21.3 Å². The number of aliphatic carboxylic acids is 2. The van der Waals surface area contributed by atoms with Gasteiger partial charge in [-0.25, -0.2) is 0 Å². The third kappa shape index (κ3) is 51.5. The van der Waals surface area contributed by atoms with Gasteiger partial charge in [-0.3, -0.25) is 28.8 Å². The van der Waals surface area contributed by atoms with Crippen molar-refractivity contribution in [3.05, 3.63) is 0 Å². The van der Waals surface area contributed by atoms with Crippen LogP contribution in [0.15, 0.2) is 0 Å². The molecule has 0 spiro atoms. The van der Waals surface area contributed by atoms with Crippen LogP contribution in [0, 0.1) is 5.41 Å². The number of amides is 2. The molecule has 2 amide bonds. The zero-order valence-corrected chi connectivity index (χ0v) is 49.1. The fourth-order valence-corrected chi connectivity index (χ4v) is 9.88. The SMILES string of the molecule is CCCCCCCCCOC(=O)CCCCCCCC(CCCCCCCC(=O)OCCCCCCCCC)(CCCCCCNCCCCC(=O)NCCNC(=O)CCCCNCCCCCCCC(=O)O)C(=O)O. The average molecular weight is 1080 g/mol. The minimum Gasteiger partial charge on any atom is -0.481 e. The molecule has 0 aromatic rings.